The number of pyridine rings is 1. The SMILES string of the molecule is COc1ccc(CN(C(=O)c2c(SC)noc2-c2cccnc2)C(C(=O)Nc2ccccc2CO[Si](C)(C)C(C)(C)C)[C@H]2O[C@@H](n3ccc(=O)[nH]c3=O)[C@@H]3OC(C)(C)O[C@@H]32)c(OC)c1. The maximum atomic E-state index is 15.8. The summed E-state index contributed by atoms with van der Waals surface area (Å²) >= 11 is 1.19. The summed E-state index contributed by atoms with van der Waals surface area (Å²) in [6.07, 6.45) is 1.65. The normalized spacial score (nSPS) is 19.8. The number of carbonyl (C=O) groups excluding carboxylic acids is 2. The number of anilines is 1. The first-order chi connectivity index (χ1) is 30.4. The van der Waals surface area contributed by atoms with Crippen LogP contribution in [0.3, 0.4) is 0 Å². The summed E-state index contributed by atoms with van der Waals surface area (Å²) in [6, 6.07) is 15.5. The number of fused-ring (bicyclic) bond motifs is 1. The number of thioether (sulfide) groups is 1. The molecule has 2 aliphatic rings. The van der Waals surface area contributed by atoms with Gasteiger partial charge >= 0.3 is 5.69 Å². The lowest BCUT2D eigenvalue weighted by atomic mass is 9.98. The van der Waals surface area contributed by atoms with Gasteiger partial charge in [0.15, 0.2) is 31.1 Å². The molecule has 1 unspecified atom stereocenters. The van der Waals surface area contributed by atoms with Crippen molar-refractivity contribution in [1.29, 1.82) is 0 Å². The molecule has 64 heavy (non-hydrogen) atoms. The van der Waals surface area contributed by atoms with Crippen LogP contribution >= 0.6 is 11.8 Å². The Bertz CT molecular complexity index is 2610. The van der Waals surface area contributed by atoms with Crippen LogP contribution in [0.15, 0.2) is 98.4 Å². The smallest absolute Gasteiger partial charge is 0.330 e. The molecule has 0 spiro atoms. The maximum absolute atomic E-state index is 15.8. The molecule has 5 aromatic rings. The van der Waals surface area contributed by atoms with E-state index < -0.39 is 67.7 Å². The predicted octanol–water partition coefficient (Wildman–Crippen LogP) is 6.61. The summed E-state index contributed by atoms with van der Waals surface area (Å²) < 4.78 is 44.7. The predicted molar refractivity (Wildman–Crippen MR) is 241 cm³/mol. The Kier molecular flexibility index (Phi) is 13.4. The second kappa shape index (κ2) is 18.5. The molecule has 2 amide bonds. The number of methoxy groups -OCH3 is 2. The van der Waals surface area contributed by atoms with Crippen LogP contribution in [-0.4, -0.2) is 95.3 Å². The van der Waals surface area contributed by atoms with Crippen molar-refractivity contribution in [2.45, 2.75) is 107 Å². The standard InChI is InChI=1S/C45H54N6O11SSi/c1-44(2,3)64(9,10)58-25-28-14-11-12-16-30(28)47-39(53)34(36-37-38(61-45(4,5)60-37)42(59-36)50-21-19-32(52)48-43(50)55)51(24-27-17-18-29(56-6)22-31(27)57-7)41(54)33-35(62-49-40(33)63-8)26-15-13-20-46-23-26/h11-23,34,36-38,42H,24-25H2,1-10H3,(H,47,53)(H,48,52,55)/t34?,36-,37-,38-,42-/m1/s1. The first kappa shape index (κ1) is 46.4. The topological polar surface area (TPSA) is 199 Å². The van der Waals surface area contributed by atoms with Crippen LogP contribution in [0.4, 0.5) is 5.69 Å². The largest absolute Gasteiger partial charge is 0.497 e. The third-order valence-corrected chi connectivity index (χ3v) is 17.0. The van der Waals surface area contributed by atoms with E-state index in [0.29, 0.717) is 33.9 Å². The molecule has 17 nitrogen and oxygen atoms in total. The van der Waals surface area contributed by atoms with Gasteiger partial charge in [-0.2, -0.15) is 0 Å². The van der Waals surface area contributed by atoms with Gasteiger partial charge in [0, 0.05) is 47.5 Å². The summed E-state index contributed by atoms with van der Waals surface area (Å²) in [4.78, 5) is 65.0. The average molecular weight is 915 g/mol. The van der Waals surface area contributed by atoms with Crippen LogP contribution in [0.5, 0.6) is 11.5 Å². The van der Waals surface area contributed by atoms with Crippen molar-refractivity contribution >= 4 is 37.6 Å². The fourth-order valence-corrected chi connectivity index (χ4v) is 8.98. The number of hydrogen-bond acceptors (Lipinski definition) is 14. The lowest BCUT2D eigenvalue weighted by Crippen LogP contribution is -2.57. The number of aromatic amines is 1. The highest BCUT2D eigenvalue weighted by Crippen LogP contribution is 2.46. The van der Waals surface area contributed by atoms with Crippen LogP contribution in [0.1, 0.15) is 62.3 Å². The number of para-hydroxylation sites is 1. The van der Waals surface area contributed by atoms with Crippen molar-refractivity contribution in [3.05, 3.63) is 117 Å². The third kappa shape index (κ3) is 9.45. The van der Waals surface area contributed by atoms with Crippen LogP contribution in [0.2, 0.25) is 18.1 Å². The van der Waals surface area contributed by atoms with E-state index in [0.717, 1.165) is 0 Å². The van der Waals surface area contributed by atoms with Gasteiger partial charge in [0.1, 0.15) is 41.4 Å². The Morgan fingerprint density at radius 2 is 1.77 bits per heavy atom. The zero-order valence-corrected chi connectivity index (χ0v) is 39.3. The number of rotatable bonds is 15. The van der Waals surface area contributed by atoms with Gasteiger partial charge in [0.05, 0.1) is 27.4 Å². The molecule has 19 heteroatoms. The van der Waals surface area contributed by atoms with Crippen LogP contribution < -0.4 is 26.0 Å². The molecule has 2 aromatic carbocycles. The van der Waals surface area contributed by atoms with E-state index in [-0.39, 0.29) is 34.5 Å². The molecule has 2 N–H and O–H groups in total. The Hall–Kier alpha value is -5.57. The molecular formula is C45H54N6O11SSi. The van der Waals surface area contributed by atoms with Gasteiger partial charge in [-0.3, -0.25) is 28.9 Å². The van der Waals surface area contributed by atoms with Crippen molar-refractivity contribution in [2.75, 3.05) is 25.8 Å². The Labute approximate surface area is 375 Å². The molecule has 2 fully saturated rings. The molecule has 5 atom stereocenters. The van der Waals surface area contributed by atoms with Crippen molar-refractivity contribution in [1.82, 2.24) is 24.6 Å². The number of benzene rings is 2. The molecule has 5 heterocycles. The fourth-order valence-electron chi connectivity index (χ4n) is 7.53. The lowest BCUT2D eigenvalue weighted by molar-refractivity contribution is -0.203. The Morgan fingerprint density at radius 1 is 1.02 bits per heavy atom. The fraction of sp³-hybridized carbons (Fsp3) is 0.422. The molecule has 0 bridgehead atoms. The monoisotopic (exact) mass is 914 g/mol. The minimum absolute atomic E-state index is 0.0702. The summed E-state index contributed by atoms with van der Waals surface area (Å²) in [5, 5.41) is 7.58. The zero-order valence-electron chi connectivity index (χ0n) is 37.5. The minimum Gasteiger partial charge on any atom is -0.497 e. The molecule has 340 valence electrons. The molecule has 0 radical (unpaired) electrons. The van der Waals surface area contributed by atoms with E-state index in [4.69, 9.17) is 32.6 Å². The summed E-state index contributed by atoms with van der Waals surface area (Å²) in [6.45, 7) is 14.1. The van der Waals surface area contributed by atoms with Crippen LogP contribution in [0, 0.1) is 0 Å². The number of aromatic nitrogens is 4. The summed E-state index contributed by atoms with van der Waals surface area (Å²) in [5.41, 5.74) is 0.826. The molecule has 0 aliphatic carbocycles. The number of ether oxygens (including phenoxy) is 5. The third-order valence-electron chi connectivity index (χ3n) is 11.9. The molecular weight excluding hydrogens is 861 g/mol. The average Bonchev–Trinajstić information content (AvgIpc) is 3.93. The number of hydrogen-bond donors (Lipinski definition) is 2. The second-order valence-electron chi connectivity index (χ2n) is 17.5. The van der Waals surface area contributed by atoms with Gasteiger partial charge in [-0.05, 0) is 74.1 Å². The second-order valence-corrected chi connectivity index (χ2v) is 23.1. The van der Waals surface area contributed by atoms with E-state index in [1.54, 1.807) is 75.0 Å². The zero-order chi connectivity index (χ0) is 46.1. The number of nitrogens with one attached hydrogen (secondary N) is 2. The highest BCUT2D eigenvalue weighted by molar-refractivity contribution is 7.98. The quantitative estimate of drug-likeness (QED) is 0.0840. The van der Waals surface area contributed by atoms with E-state index in [9.17, 15) is 9.59 Å². The lowest BCUT2D eigenvalue weighted by Gasteiger charge is -2.37. The minimum atomic E-state index is -2.24. The van der Waals surface area contributed by atoms with Crippen molar-refractivity contribution in [3.8, 4) is 22.8 Å². The number of carbonyl (C=O) groups is 2. The highest BCUT2D eigenvalue weighted by Gasteiger charge is 2.60. The van der Waals surface area contributed by atoms with E-state index in [1.807, 2.05) is 12.1 Å². The van der Waals surface area contributed by atoms with Crippen molar-refractivity contribution < 1.29 is 42.2 Å². The van der Waals surface area contributed by atoms with Crippen molar-refractivity contribution in [3.63, 3.8) is 0 Å². The van der Waals surface area contributed by atoms with Crippen molar-refractivity contribution in [2.24, 2.45) is 0 Å². The summed E-state index contributed by atoms with van der Waals surface area (Å²) in [7, 11) is 0.776. The summed E-state index contributed by atoms with van der Waals surface area (Å²) in [5.74, 6) is -1.53. The molecule has 2 saturated heterocycles. The highest BCUT2D eigenvalue weighted by atomic mass is 32.2. The van der Waals surface area contributed by atoms with Gasteiger partial charge in [0.2, 0.25) is 5.91 Å². The van der Waals surface area contributed by atoms with Gasteiger partial charge in [-0.15, -0.1) is 11.8 Å². The van der Waals surface area contributed by atoms with Gasteiger partial charge < -0.3 is 42.9 Å². The van der Waals surface area contributed by atoms with E-state index >= 15 is 9.59 Å². The molecule has 3 aromatic heterocycles. The van der Waals surface area contributed by atoms with Gasteiger partial charge in [-0.25, -0.2) is 4.79 Å². The van der Waals surface area contributed by atoms with E-state index in [1.165, 1.54) is 47.7 Å². The first-order valence-electron chi connectivity index (χ1n) is 20.7. The van der Waals surface area contributed by atoms with Gasteiger partial charge in [-0.1, -0.05) is 44.1 Å². The molecule has 2 aliphatic heterocycles. The number of nitrogens with zero attached hydrogens (tertiary/aromatic N) is 4. The Balaban J connectivity index is 1.42. The number of H-pyrrole nitrogens is 1. The van der Waals surface area contributed by atoms with Crippen LogP contribution in [0.25, 0.3) is 11.3 Å². The maximum Gasteiger partial charge on any atom is 0.330 e. The Morgan fingerprint density at radius 3 is 2.44 bits per heavy atom. The van der Waals surface area contributed by atoms with Gasteiger partial charge in [0.25, 0.3) is 11.5 Å². The van der Waals surface area contributed by atoms with E-state index in [2.05, 4.69) is 54.3 Å². The van der Waals surface area contributed by atoms with Crippen LogP contribution in [-0.2, 0) is 36.6 Å². The molecule has 0 saturated carbocycles. The first-order valence-corrected chi connectivity index (χ1v) is 24.8. The number of amides is 2. The molecule has 7 rings (SSSR count).